The Morgan fingerprint density at radius 3 is 2.42 bits per heavy atom. The van der Waals surface area contributed by atoms with Crippen LogP contribution >= 0.6 is 11.6 Å². The topological polar surface area (TPSA) is 105 Å². The monoisotopic (exact) mass is 452 g/mol. The summed E-state index contributed by atoms with van der Waals surface area (Å²) >= 11 is 5.80. The third-order valence-corrected chi connectivity index (χ3v) is 4.46. The maximum absolute atomic E-state index is 14.7. The van der Waals surface area contributed by atoms with Gasteiger partial charge in [0.25, 0.3) is 0 Å². The van der Waals surface area contributed by atoms with E-state index in [0.717, 1.165) is 6.07 Å². The van der Waals surface area contributed by atoms with E-state index in [-0.39, 0.29) is 28.2 Å². The quantitative estimate of drug-likeness (QED) is 0.698. The molecule has 1 saturated heterocycles. The van der Waals surface area contributed by atoms with Gasteiger partial charge in [-0.15, -0.1) is 0 Å². The minimum absolute atomic E-state index is 0.0414. The molecule has 1 aliphatic heterocycles. The maximum atomic E-state index is 14.7. The number of hydrogen-bond donors (Lipinski definition) is 1. The largest absolute Gasteiger partial charge is 0.478 e. The van der Waals surface area contributed by atoms with Crippen molar-refractivity contribution in [1.82, 2.24) is 14.9 Å². The number of aromatic nitrogens is 2. The van der Waals surface area contributed by atoms with Crippen LogP contribution in [0.1, 0.15) is 31.1 Å². The molecule has 3 heterocycles. The Balaban J connectivity index is 1.66. The second-order valence-electron chi connectivity index (χ2n) is 7.85. The number of amides is 1. The number of pyridine rings is 2. The van der Waals surface area contributed by atoms with Gasteiger partial charge in [-0.2, -0.15) is 0 Å². The van der Waals surface area contributed by atoms with Crippen LogP contribution in [0.4, 0.5) is 15.0 Å². The lowest BCUT2D eigenvalue weighted by atomic mass is 10.2. The SMILES string of the molecule is CC(C)(C)OC(=O)N1CCN(c2ncc(Oc3cc(C(=O)O)cc(Cl)n3)cc2F)CC1. The van der Waals surface area contributed by atoms with Gasteiger partial charge in [0.05, 0.1) is 11.8 Å². The van der Waals surface area contributed by atoms with Crippen LogP contribution in [-0.4, -0.2) is 63.8 Å². The summed E-state index contributed by atoms with van der Waals surface area (Å²) in [6.45, 7) is 6.92. The summed E-state index contributed by atoms with van der Waals surface area (Å²) in [6, 6.07) is 3.48. The lowest BCUT2D eigenvalue weighted by molar-refractivity contribution is 0.0240. The Morgan fingerprint density at radius 1 is 1.16 bits per heavy atom. The lowest BCUT2D eigenvalue weighted by Gasteiger charge is -2.36. The van der Waals surface area contributed by atoms with Crippen molar-refractivity contribution in [2.45, 2.75) is 26.4 Å². The first-order valence-electron chi connectivity index (χ1n) is 9.49. The van der Waals surface area contributed by atoms with Gasteiger partial charge in [0.2, 0.25) is 5.88 Å². The zero-order valence-corrected chi connectivity index (χ0v) is 18.0. The first kappa shape index (κ1) is 22.5. The van der Waals surface area contributed by atoms with Gasteiger partial charge >= 0.3 is 12.1 Å². The first-order chi connectivity index (χ1) is 14.5. The highest BCUT2D eigenvalue weighted by Gasteiger charge is 2.27. The van der Waals surface area contributed by atoms with Crippen LogP contribution in [0.5, 0.6) is 11.6 Å². The number of carbonyl (C=O) groups excluding carboxylic acids is 1. The second kappa shape index (κ2) is 8.93. The number of anilines is 1. The van der Waals surface area contributed by atoms with Crippen molar-refractivity contribution in [3.8, 4) is 11.6 Å². The third kappa shape index (κ3) is 5.94. The number of aromatic carboxylic acids is 1. The average molecular weight is 453 g/mol. The Kier molecular flexibility index (Phi) is 6.49. The smallest absolute Gasteiger partial charge is 0.410 e. The number of halogens is 2. The van der Waals surface area contributed by atoms with Crippen molar-refractivity contribution in [3.05, 3.63) is 40.9 Å². The number of piperazine rings is 1. The zero-order chi connectivity index (χ0) is 22.8. The summed E-state index contributed by atoms with van der Waals surface area (Å²) in [5.74, 6) is -1.74. The first-order valence-corrected chi connectivity index (χ1v) is 9.87. The Hall–Kier alpha value is -3.14. The van der Waals surface area contributed by atoms with Gasteiger partial charge in [-0.25, -0.2) is 23.9 Å². The molecule has 3 rings (SSSR count). The van der Waals surface area contributed by atoms with E-state index < -0.39 is 23.5 Å². The van der Waals surface area contributed by atoms with E-state index in [1.165, 1.54) is 18.3 Å². The molecule has 11 heteroatoms. The molecule has 9 nitrogen and oxygen atoms in total. The zero-order valence-electron chi connectivity index (χ0n) is 17.3. The minimum Gasteiger partial charge on any atom is -0.478 e. The molecule has 1 fully saturated rings. The van der Waals surface area contributed by atoms with E-state index in [0.29, 0.717) is 26.2 Å². The molecular formula is C20H22ClFN4O5. The number of ether oxygens (including phenoxy) is 2. The number of nitrogens with zero attached hydrogens (tertiary/aromatic N) is 4. The predicted molar refractivity (Wildman–Crippen MR) is 110 cm³/mol. The molecule has 2 aromatic heterocycles. The van der Waals surface area contributed by atoms with Crippen molar-refractivity contribution >= 4 is 29.5 Å². The summed E-state index contributed by atoms with van der Waals surface area (Å²) in [6.07, 6.45) is 0.904. The lowest BCUT2D eigenvalue weighted by Crippen LogP contribution is -2.50. The fraction of sp³-hybridized carbons (Fsp3) is 0.400. The van der Waals surface area contributed by atoms with Crippen LogP contribution in [-0.2, 0) is 4.74 Å². The van der Waals surface area contributed by atoms with Crippen LogP contribution in [0.25, 0.3) is 0 Å². The van der Waals surface area contributed by atoms with E-state index in [2.05, 4.69) is 9.97 Å². The van der Waals surface area contributed by atoms with Gasteiger partial charge in [0.15, 0.2) is 17.4 Å². The summed E-state index contributed by atoms with van der Waals surface area (Å²) in [7, 11) is 0. The molecule has 1 N–H and O–H groups in total. The van der Waals surface area contributed by atoms with Gasteiger partial charge in [-0.1, -0.05) is 11.6 Å². The van der Waals surface area contributed by atoms with Gasteiger partial charge in [0, 0.05) is 38.3 Å². The number of hydrogen-bond acceptors (Lipinski definition) is 7. The van der Waals surface area contributed by atoms with E-state index >= 15 is 0 Å². The molecule has 1 aliphatic rings. The van der Waals surface area contributed by atoms with E-state index in [9.17, 15) is 14.0 Å². The van der Waals surface area contributed by atoms with Crippen LogP contribution in [0.15, 0.2) is 24.4 Å². The number of carboxylic acids is 1. The minimum atomic E-state index is -1.20. The van der Waals surface area contributed by atoms with Crippen LogP contribution in [0.3, 0.4) is 0 Å². The molecule has 2 aromatic rings. The molecule has 0 aromatic carbocycles. The number of rotatable bonds is 4. The van der Waals surface area contributed by atoms with Crippen LogP contribution in [0, 0.1) is 5.82 Å². The van der Waals surface area contributed by atoms with Gasteiger partial charge in [-0.3, -0.25) is 0 Å². The third-order valence-electron chi connectivity index (χ3n) is 4.27. The normalized spacial score (nSPS) is 14.4. The summed E-state index contributed by atoms with van der Waals surface area (Å²) in [5.41, 5.74) is -0.691. The molecule has 0 aliphatic carbocycles. The molecule has 0 saturated carbocycles. The summed E-state index contributed by atoms with van der Waals surface area (Å²) in [5, 5.41) is 9.01. The highest BCUT2D eigenvalue weighted by Crippen LogP contribution is 2.27. The molecule has 1 amide bonds. The molecule has 0 bridgehead atoms. The fourth-order valence-corrected chi connectivity index (χ4v) is 3.10. The predicted octanol–water partition coefficient (Wildman–Crippen LogP) is 3.82. The van der Waals surface area contributed by atoms with Gasteiger partial charge in [-0.05, 0) is 26.8 Å². The highest BCUT2D eigenvalue weighted by atomic mass is 35.5. The highest BCUT2D eigenvalue weighted by molar-refractivity contribution is 6.29. The molecule has 0 radical (unpaired) electrons. The molecule has 0 unspecified atom stereocenters. The average Bonchev–Trinajstić information content (AvgIpc) is 2.66. The molecular weight excluding hydrogens is 431 g/mol. The van der Waals surface area contributed by atoms with Crippen molar-refractivity contribution in [1.29, 1.82) is 0 Å². The number of carboxylic acid groups (broad SMARTS) is 1. The Bertz CT molecular complexity index is 990. The molecule has 31 heavy (non-hydrogen) atoms. The summed E-state index contributed by atoms with van der Waals surface area (Å²) < 4.78 is 25.4. The maximum Gasteiger partial charge on any atom is 0.410 e. The van der Waals surface area contributed by atoms with Crippen LogP contribution < -0.4 is 9.64 Å². The van der Waals surface area contributed by atoms with Gasteiger partial charge in [0.1, 0.15) is 10.8 Å². The van der Waals surface area contributed by atoms with Crippen molar-refractivity contribution in [2.75, 3.05) is 31.1 Å². The standard InChI is InChI=1S/C20H22ClFN4O5/c1-20(2,3)31-19(29)26-6-4-25(5-7-26)17-14(22)10-13(11-23-17)30-16-9-12(18(27)28)8-15(21)24-16/h8-11H,4-7H2,1-3H3,(H,27,28). The molecule has 166 valence electrons. The molecule has 0 spiro atoms. The Morgan fingerprint density at radius 2 is 1.84 bits per heavy atom. The van der Waals surface area contributed by atoms with Crippen molar-refractivity contribution < 1.29 is 28.6 Å². The van der Waals surface area contributed by atoms with E-state index in [4.69, 9.17) is 26.2 Å². The van der Waals surface area contributed by atoms with Gasteiger partial charge < -0.3 is 24.4 Å². The Labute approximate surface area is 183 Å². The van der Waals surface area contributed by atoms with E-state index in [1.807, 2.05) is 0 Å². The summed E-state index contributed by atoms with van der Waals surface area (Å²) in [4.78, 5) is 34.6. The second-order valence-corrected chi connectivity index (χ2v) is 8.24. The number of carbonyl (C=O) groups is 2. The van der Waals surface area contributed by atoms with Crippen LogP contribution in [0.2, 0.25) is 5.15 Å². The fourth-order valence-electron chi connectivity index (χ4n) is 2.90. The molecule has 0 atom stereocenters. The van der Waals surface area contributed by atoms with Crippen molar-refractivity contribution in [2.24, 2.45) is 0 Å². The van der Waals surface area contributed by atoms with Crippen molar-refractivity contribution in [3.63, 3.8) is 0 Å². The van der Waals surface area contributed by atoms with E-state index in [1.54, 1.807) is 30.6 Å².